The van der Waals surface area contributed by atoms with Crippen molar-refractivity contribution in [2.75, 3.05) is 11.1 Å². The number of anilines is 2. The van der Waals surface area contributed by atoms with Crippen LogP contribution in [0, 0.1) is 0 Å². The molecule has 1 aromatic heterocycles. The Balaban J connectivity index is 2.21. The summed E-state index contributed by atoms with van der Waals surface area (Å²) >= 11 is 5.78. The smallest absolute Gasteiger partial charge is 0.257 e. The Labute approximate surface area is 96.2 Å². The van der Waals surface area contributed by atoms with Crippen LogP contribution >= 0.6 is 11.6 Å². The number of nitrogen functional groups attached to an aromatic ring is 1. The Kier molecular flexibility index (Phi) is 2.78. The molecule has 1 aromatic carbocycles. The quantitative estimate of drug-likeness (QED) is 0.785. The molecule has 0 fully saturated rings. The Morgan fingerprint density at radius 1 is 1.44 bits per heavy atom. The van der Waals surface area contributed by atoms with Crippen molar-refractivity contribution in [3.05, 3.63) is 41.1 Å². The first-order valence-electron chi connectivity index (χ1n) is 4.43. The molecular formula is C10H8ClN3O2. The summed E-state index contributed by atoms with van der Waals surface area (Å²) in [5.41, 5.74) is 6.37. The molecule has 0 aliphatic carbocycles. The van der Waals surface area contributed by atoms with Gasteiger partial charge in [-0.25, -0.2) is 0 Å². The Hall–Kier alpha value is -2.01. The van der Waals surface area contributed by atoms with Gasteiger partial charge in [0, 0.05) is 22.3 Å². The van der Waals surface area contributed by atoms with Crippen molar-refractivity contribution >= 4 is 29.0 Å². The monoisotopic (exact) mass is 237 g/mol. The average Bonchev–Trinajstić information content (AvgIpc) is 2.68. The largest absolute Gasteiger partial charge is 0.399 e. The van der Waals surface area contributed by atoms with Crippen molar-refractivity contribution < 1.29 is 9.32 Å². The molecule has 1 amide bonds. The molecule has 2 rings (SSSR count). The molecule has 0 aliphatic rings. The number of aromatic nitrogens is 1. The van der Waals surface area contributed by atoms with E-state index in [0.717, 1.165) is 0 Å². The maximum absolute atomic E-state index is 11.7. The number of carbonyl (C=O) groups excluding carboxylic acids is 1. The van der Waals surface area contributed by atoms with Gasteiger partial charge in [-0.3, -0.25) is 4.79 Å². The number of benzene rings is 1. The number of nitrogens with zero attached hydrogens (tertiary/aromatic N) is 1. The van der Waals surface area contributed by atoms with E-state index in [2.05, 4.69) is 15.0 Å². The van der Waals surface area contributed by atoms with Crippen LogP contribution in [0.4, 0.5) is 11.5 Å². The zero-order valence-electron chi connectivity index (χ0n) is 8.11. The molecule has 16 heavy (non-hydrogen) atoms. The molecule has 0 saturated carbocycles. The number of nitrogens with two attached hydrogens (primary N) is 1. The fraction of sp³-hybridized carbons (Fsp3) is 0. The van der Waals surface area contributed by atoms with Crippen LogP contribution in [0.25, 0.3) is 0 Å². The Morgan fingerprint density at radius 3 is 2.88 bits per heavy atom. The predicted molar refractivity (Wildman–Crippen MR) is 60.3 cm³/mol. The van der Waals surface area contributed by atoms with E-state index in [-0.39, 0.29) is 5.91 Å². The lowest BCUT2D eigenvalue weighted by atomic mass is 10.2. The third kappa shape index (κ3) is 2.32. The van der Waals surface area contributed by atoms with Crippen molar-refractivity contribution in [2.45, 2.75) is 0 Å². The van der Waals surface area contributed by atoms with Crippen molar-refractivity contribution in [2.24, 2.45) is 0 Å². The van der Waals surface area contributed by atoms with E-state index in [9.17, 15) is 4.79 Å². The molecule has 0 saturated heterocycles. The Bertz CT molecular complexity index is 491. The van der Waals surface area contributed by atoms with Crippen molar-refractivity contribution in [3.63, 3.8) is 0 Å². The first-order chi connectivity index (χ1) is 7.65. The Morgan fingerprint density at radius 2 is 2.25 bits per heavy atom. The maximum atomic E-state index is 11.7. The molecule has 0 atom stereocenters. The van der Waals surface area contributed by atoms with Gasteiger partial charge < -0.3 is 15.6 Å². The lowest BCUT2D eigenvalue weighted by Crippen LogP contribution is -2.12. The highest BCUT2D eigenvalue weighted by atomic mass is 35.5. The molecule has 3 N–H and O–H groups in total. The van der Waals surface area contributed by atoms with Crippen LogP contribution in [-0.2, 0) is 0 Å². The standard InChI is InChI=1S/C10H8ClN3O2/c11-7-3-6(4-8(12)5-7)10(15)13-9-1-2-16-14-9/h1-5H,12H2,(H,13,14,15). The molecular weight excluding hydrogens is 230 g/mol. The van der Waals surface area contributed by atoms with Gasteiger partial charge in [-0.05, 0) is 18.2 Å². The van der Waals surface area contributed by atoms with Gasteiger partial charge in [-0.15, -0.1) is 0 Å². The molecule has 6 heteroatoms. The van der Waals surface area contributed by atoms with Gasteiger partial charge in [0.15, 0.2) is 5.82 Å². The first-order valence-corrected chi connectivity index (χ1v) is 4.81. The number of rotatable bonds is 2. The van der Waals surface area contributed by atoms with Gasteiger partial charge in [-0.2, -0.15) is 0 Å². The van der Waals surface area contributed by atoms with E-state index in [1.54, 1.807) is 6.07 Å². The molecule has 0 bridgehead atoms. The minimum Gasteiger partial charge on any atom is -0.399 e. The van der Waals surface area contributed by atoms with Crippen LogP contribution in [0.15, 0.2) is 35.1 Å². The number of nitrogens with one attached hydrogen (secondary N) is 1. The molecule has 0 aliphatic heterocycles. The number of hydrogen-bond donors (Lipinski definition) is 2. The van der Waals surface area contributed by atoms with Gasteiger partial charge >= 0.3 is 0 Å². The van der Waals surface area contributed by atoms with E-state index in [1.165, 1.54) is 24.5 Å². The topological polar surface area (TPSA) is 81.2 Å². The van der Waals surface area contributed by atoms with E-state index >= 15 is 0 Å². The summed E-state index contributed by atoms with van der Waals surface area (Å²) in [6, 6.07) is 6.15. The van der Waals surface area contributed by atoms with E-state index in [1.807, 2.05) is 0 Å². The molecule has 0 radical (unpaired) electrons. The second-order valence-corrected chi connectivity index (χ2v) is 3.55. The fourth-order valence-corrected chi connectivity index (χ4v) is 1.45. The average molecular weight is 238 g/mol. The molecule has 1 heterocycles. The highest BCUT2D eigenvalue weighted by molar-refractivity contribution is 6.31. The highest BCUT2D eigenvalue weighted by Crippen LogP contribution is 2.17. The minimum atomic E-state index is -0.344. The summed E-state index contributed by atoms with van der Waals surface area (Å²) in [7, 11) is 0. The van der Waals surface area contributed by atoms with Gasteiger partial charge in [0.05, 0.1) is 0 Å². The lowest BCUT2D eigenvalue weighted by molar-refractivity contribution is 0.102. The number of hydrogen-bond acceptors (Lipinski definition) is 4. The zero-order chi connectivity index (χ0) is 11.5. The zero-order valence-corrected chi connectivity index (χ0v) is 8.86. The molecule has 0 unspecified atom stereocenters. The molecule has 5 nitrogen and oxygen atoms in total. The second kappa shape index (κ2) is 4.24. The summed E-state index contributed by atoms with van der Waals surface area (Å²) in [6.45, 7) is 0. The normalized spacial score (nSPS) is 10.1. The van der Waals surface area contributed by atoms with Crippen LogP contribution in [0.1, 0.15) is 10.4 Å². The molecule has 0 spiro atoms. The van der Waals surface area contributed by atoms with Crippen LogP contribution in [0.3, 0.4) is 0 Å². The summed E-state index contributed by atoms with van der Waals surface area (Å²) in [5, 5.41) is 6.50. The van der Waals surface area contributed by atoms with Gasteiger partial charge in [0.2, 0.25) is 0 Å². The third-order valence-corrected chi connectivity index (χ3v) is 2.08. The maximum Gasteiger partial charge on any atom is 0.257 e. The van der Waals surface area contributed by atoms with Crippen molar-refractivity contribution in [1.82, 2.24) is 5.16 Å². The SMILES string of the molecule is Nc1cc(Cl)cc(C(=O)Nc2ccon2)c1. The predicted octanol–water partition coefficient (Wildman–Crippen LogP) is 2.16. The van der Waals surface area contributed by atoms with Crippen LogP contribution in [-0.4, -0.2) is 11.1 Å². The van der Waals surface area contributed by atoms with E-state index in [4.69, 9.17) is 17.3 Å². The summed E-state index contributed by atoms with van der Waals surface area (Å²) in [6.07, 6.45) is 1.36. The van der Waals surface area contributed by atoms with Crippen LogP contribution < -0.4 is 11.1 Å². The van der Waals surface area contributed by atoms with Gasteiger partial charge in [-0.1, -0.05) is 16.8 Å². The van der Waals surface area contributed by atoms with Crippen LogP contribution in [0.2, 0.25) is 5.02 Å². The first kappa shape index (κ1) is 10.5. The number of carbonyl (C=O) groups is 1. The number of amides is 1. The fourth-order valence-electron chi connectivity index (χ4n) is 1.21. The van der Waals surface area contributed by atoms with E-state index < -0.39 is 0 Å². The minimum absolute atomic E-state index is 0.337. The highest BCUT2D eigenvalue weighted by Gasteiger charge is 2.09. The lowest BCUT2D eigenvalue weighted by Gasteiger charge is -2.03. The van der Waals surface area contributed by atoms with Crippen molar-refractivity contribution in [3.8, 4) is 0 Å². The second-order valence-electron chi connectivity index (χ2n) is 3.11. The van der Waals surface area contributed by atoms with E-state index in [0.29, 0.717) is 22.1 Å². The summed E-state index contributed by atoms with van der Waals surface area (Å²) < 4.78 is 4.58. The van der Waals surface area contributed by atoms with Gasteiger partial charge in [0.25, 0.3) is 5.91 Å². The van der Waals surface area contributed by atoms with Gasteiger partial charge in [0.1, 0.15) is 6.26 Å². The summed E-state index contributed by atoms with van der Waals surface area (Å²) in [4.78, 5) is 11.7. The third-order valence-electron chi connectivity index (χ3n) is 1.86. The number of halogens is 1. The van der Waals surface area contributed by atoms with Crippen LogP contribution in [0.5, 0.6) is 0 Å². The molecule has 2 aromatic rings. The summed E-state index contributed by atoms with van der Waals surface area (Å²) in [5.74, 6) is -0.00773. The molecule has 82 valence electrons. The van der Waals surface area contributed by atoms with Crippen molar-refractivity contribution in [1.29, 1.82) is 0 Å².